The first kappa shape index (κ1) is 20.1. The molecule has 0 aliphatic heterocycles. The van der Waals surface area contributed by atoms with Gasteiger partial charge in [0.05, 0.1) is 12.0 Å². The van der Waals surface area contributed by atoms with Crippen molar-refractivity contribution in [1.82, 2.24) is 16.0 Å². The summed E-state index contributed by atoms with van der Waals surface area (Å²) >= 11 is 1.49. The minimum atomic E-state index is 0.0508. The molecule has 6 nitrogen and oxygen atoms in total. The maximum absolute atomic E-state index is 12.4. The average molecular weight is 375 g/mol. The Kier molecular flexibility index (Phi) is 7.80. The number of benzene rings is 1. The Morgan fingerprint density at radius 1 is 1.27 bits per heavy atom. The molecule has 7 heteroatoms. The summed E-state index contributed by atoms with van der Waals surface area (Å²) in [6.07, 6.45) is 2.24. The molecule has 0 aliphatic rings. The number of ether oxygens (including phenoxy) is 1. The standard InChI is InChI=1S/C15H13NO2S.C4H12N2O/c1-9-7-11-8-13(19-15(11)16-9)14(17)10-3-5-12(18-2)6-4-10;1-2-3-4-5-6-7/h3-8,16H,1-2H3;5-7H,2-4H2,1H3. The van der Waals surface area contributed by atoms with Crippen molar-refractivity contribution in [1.29, 1.82) is 0 Å². The summed E-state index contributed by atoms with van der Waals surface area (Å²) in [6.45, 7) is 4.93. The third kappa shape index (κ3) is 5.40. The van der Waals surface area contributed by atoms with Crippen molar-refractivity contribution in [3.05, 3.63) is 52.5 Å². The number of carbonyl (C=O) groups is 1. The van der Waals surface area contributed by atoms with Gasteiger partial charge in [-0.1, -0.05) is 13.3 Å². The van der Waals surface area contributed by atoms with Gasteiger partial charge in [-0.15, -0.1) is 16.9 Å². The second-order valence-electron chi connectivity index (χ2n) is 5.80. The zero-order chi connectivity index (χ0) is 18.9. The van der Waals surface area contributed by atoms with Crippen molar-refractivity contribution in [2.45, 2.75) is 26.7 Å². The van der Waals surface area contributed by atoms with Crippen molar-refractivity contribution in [3.8, 4) is 5.75 Å². The van der Waals surface area contributed by atoms with Gasteiger partial charge in [0.15, 0.2) is 0 Å². The van der Waals surface area contributed by atoms with Gasteiger partial charge in [-0.25, -0.2) is 5.43 Å². The summed E-state index contributed by atoms with van der Waals surface area (Å²) in [6, 6.07) is 11.2. The molecule has 0 spiro atoms. The number of H-pyrrole nitrogens is 1. The molecular weight excluding hydrogens is 350 g/mol. The largest absolute Gasteiger partial charge is 0.497 e. The van der Waals surface area contributed by atoms with Crippen molar-refractivity contribution in [2.24, 2.45) is 0 Å². The molecule has 4 N–H and O–H groups in total. The minimum absolute atomic E-state index is 0.0508. The van der Waals surface area contributed by atoms with E-state index in [4.69, 9.17) is 9.94 Å². The van der Waals surface area contributed by atoms with Gasteiger partial charge >= 0.3 is 0 Å². The van der Waals surface area contributed by atoms with Crippen molar-refractivity contribution < 1.29 is 14.7 Å². The third-order valence-electron chi connectivity index (χ3n) is 3.75. The summed E-state index contributed by atoms with van der Waals surface area (Å²) in [5.74, 6) is 0.806. The predicted octanol–water partition coefficient (Wildman–Crippen LogP) is 4.05. The van der Waals surface area contributed by atoms with E-state index in [0.717, 1.165) is 45.9 Å². The molecule has 2 aromatic heterocycles. The number of unbranched alkanes of at least 4 members (excludes halogenated alkanes) is 1. The second-order valence-corrected chi connectivity index (χ2v) is 6.85. The topological polar surface area (TPSA) is 86.4 Å². The Bertz CT molecular complexity index is 789. The Hall–Kier alpha value is -2.19. The van der Waals surface area contributed by atoms with Crippen LogP contribution < -0.4 is 15.8 Å². The summed E-state index contributed by atoms with van der Waals surface area (Å²) in [7, 11) is 1.61. The molecule has 0 amide bonds. The molecule has 1 aromatic carbocycles. The van der Waals surface area contributed by atoms with E-state index in [0.29, 0.717) is 5.56 Å². The van der Waals surface area contributed by atoms with Crippen LogP contribution in [0.25, 0.3) is 10.2 Å². The smallest absolute Gasteiger partial charge is 0.203 e. The number of hydrogen-bond donors (Lipinski definition) is 4. The lowest BCUT2D eigenvalue weighted by Crippen LogP contribution is -2.28. The van der Waals surface area contributed by atoms with Crippen LogP contribution in [-0.2, 0) is 0 Å². The van der Waals surface area contributed by atoms with Crippen molar-refractivity contribution in [3.63, 3.8) is 0 Å². The zero-order valence-electron chi connectivity index (χ0n) is 15.3. The van der Waals surface area contributed by atoms with E-state index in [9.17, 15) is 4.79 Å². The van der Waals surface area contributed by atoms with Crippen molar-refractivity contribution in [2.75, 3.05) is 13.7 Å². The van der Waals surface area contributed by atoms with Crippen LogP contribution in [0.2, 0.25) is 0 Å². The number of ketones is 1. The highest BCUT2D eigenvalue weighted by Gasteiger charge is 2.13. The Balaban J connectivity index is 0.000000298. The molecule has 0 bridgehead atoms. The molecule has 0 aliphatic carbocycles. The SMILES string of the molecule is CCCCNNO.COc1ccc(C(=O)c2cc3cc(C)[nH]c3s2)cc1. The van der Waals surface area contributed by atoms with Crippen LogP contribution in [0.1, 0.15) is 40.7 Å². The molecule has 3 aromatic rings. The molecule has 2 heterocycles. The number of hydrogen-bond acceptors (Lipinski definition) is 6. The molecule has 140 valence electrons. The van der Waals surface area contributed by atoms with Crippen LogP contribution >= 0.6 is 11.3 Å². The van der Waals surface area contributed by atoms with Crippen LogP contribution in [0.5, 0.6) is 5.75 Å². The monoisotopic (exact) mass is 375 g/mol. The van der Waals surface area contributed by atoms with Gasteiger partial charge in [-0.3, -0.25) is 4.79 Å². The summed E-state index contributed by atoms with van der Waals surface area (Å²) in [4.78, 5) is 17.4. The first-order chi connectivity index (χ1) is 12.6. The third-order valence-corrected chi connectivity index (χ3v) is 4.82. The van der Waals surface area contributed by atoms with E-state index < -0.39 is 0 Å². The van der Waals surface area contributed by atoms with Crippen LogP contribution in [0.3, 0.4) is 0 Å². The number of carbonyl (C=O) groups excluding carboxylic acids is 1. The number of aromatic amines is 1. The van der Waals surface area contributed by atoms with Gasteiger partial charge < -0.3 is 14.9 Å². The minimum Gasteiger partial charge on any atom is -0.497 e. The van der Waals surface area contributed by atoms with Crippen LogP contribution in [-0.4, -0.2) is 29.6 Å². The fourth-order valence-electron chi connectivity index (χ4n) is 2.38. The molecule has 0 fully saturated rings. The highest BCUT2D eigenvalue weighted by Crippen LogP contribution is 2.28. The molecule has 0 saturated heterocycles. The predicted molar refractivity (Wildman–Crippen MR) is 105 cm³/mol. The van der Waals surface area contributed by atoms with Gasteiger partial charge in [0, 0.05) is 23.2 Å². The fraction of sp³-hybridized carbons (Fsp3) is 0.316. The lowest BCUT2D eigenvalue weighted by atomic mass is 10.1. The van der Waals surface area contributed by atoms with E-state index >= 15 is 0 Å². The Morgan fingerprint density at radius 3 is 2.58 bits per heavy atom. The number of fused-ring (bicyclic) bond motifs is 1. The molecule has 3 rings (SSSR count). The van der Waals surface area contributed by atoms with Crippen LogP contribution in [0.15, 0.2) is 36.4 Å². The van der Waals surface area contributed by atoms with E-state index in [1.54, 1.807) is 31.4 Å². The molecular formula is C19H25N3O3S. The Labute approximate surface area is 157 Å². The number of hydrazine groups is 1. The van der Waals surface area contributed by atoms with E-state index in [-0.39, 0.29) is 5.78 Å². The number of thiophene rings is 1. The second kappa shape index (κ2) is 10.1. The zero-order valence-corrected chi connectivity index (χ0v) is 16.1. The Morgan fingerprint density at radius 2 is 2.00 bits per heavy atom. The molecule has 26 heavy (non-hydrogen) atoms. The van der Waals surface area contributed by atoms with Gasteiger partial charge in [-0.05, 0) is 49.7 Å². The molecule has 0 unspecified atom stereocenters. The lowest BCUT2D eigenvalue weighted by molar-refractivity contribution is 0.104. The van der Waals surface area contributed by atoms with E-state index in [1.807, 2.05) is 18.6 Å². The summed E-state index contributed by atoms with van der Waals surface area (Å²) in [5.41, 5.74) is 6.20. The molecule has 0 radical (unpaired) electrons. The maximum Gasteiger partial charge on any atom is 0.203 e. The van der Waals surface area contributed by atoms with Crippen molar-refractivity contribution >= 4 is 27.3 Å². The van der Waals surface area contributed by atoms with Crippen LogP contribution in [0, 0.1) is 6.92 Å². The van der Waals surface area contributed by atoms with Gasteiger partial charge in [0.2, 0.25) is 5.78 Å². The number of nitrogens with one attached hydrogen (secondary N) is 3. The normalized spacial score (nSPS) is 10.5. The highest BCUT2D eigenvalue weighted by atomic mass is 32.1. The quantitative estimate of drug-likeness (QED) is 0.284. The highest BCUT2D eigenvalue weighted by molar-refractivity contribution is 7.20. The maximum atomic E-state index is 12.4. The number of rotatable bonds is 7. The fourth-order valence-corrected chi connectivity index (χ4v) is 3.44. The molecule has 0 saturated carbocycles. The summed E-state index contributed by atoms with van der Waals surface area (Å²) in [5, 5.41) is 9.03. The lowest BCUT2D eigenvalue weighted by Gasteiger charge is -2.01. The van der Waals surface area contributed by atoms with E-state index in [2.05, 4.69) is 23.4 Å². The first-order valence-corrected chi connectivity index (χ1v) is 9.30. The number of methoxy groups -OCH3 is 1. The van der Waals surface area contributed by atoms with Gasteiger partial charge in [-0.2, -0.15) is 0 Å². The summed E-state index contributed by atoms with van der Waals surface area (Å²) < 4.78 is 5.09. The first-order valence-electron chi connectivity index (χ1n) is 8.49. The number of aryl methyl sites for hydroxylation is 1. The van der Waals surface area contributed by atoms with Gasteiger partial charge in [0.1, 0.15) is 10.6 Å². The average Bonchev–Trinajstić information content (AvgIpc) is 3.19. The van der Waals surface area contributed by atoms with E-state index in [1.165, 1.54) is 11.3 Å². The van der Waals surface area contributed by atoms with Gasteiger partial charge in [0.25, 0.3) is 0 Å². The van der Waals surface area contributed by atoms with Crippen LogP contribution in [0.4, 0.5) is 0 Å². The molecule has 0 atom stereocenters. The number of aromatic nitrogens is 1.